The van der Waals surface area contributed by atoms with Crippen LogP contribution in [0.15, 0.2) is 48.5 Å². The van der Waals surface area contributed by atoms with Gasteiger partial charge in [0.25, 0.3) is 5.91 Å². The predicted molar refractivity (Wildman–Crippen MR) is 109 cm³/mol. The summed E-state index contributed by atoms with van der Waals surface area (Å²) in [6.45, 7) is 7.68. The first kappa shape index (κ1) is 19.0. The zero-order valence-corrected chi connectivity index (χ0v) is 16.2. The Labute approximate surface area is 161 Å². The van der Waals surface area contributed by atoms with Gasteiger partial charge >= 0.3 is 0 Å². The lowest BCUT2D eigenvalue weighted by Gasteiger charge is -2.24. The van der Waals surface area contributed by atoms with Gasteiger partial charge in [0.15, 0.2) is 0 Å². The number of carbonyl (C=O) groups is 2. The standard InChI is InChI=1S/C22H27N3O2/c1-4-24(5-2)22(27)18-10-8-11-19(14-18)23-21(26)15-25-16(3)13-17-9-6-7-12-20(17)25/h6-12,14,16H,4-5,13,15H2,1-3H3,(H,23,26)/t16-/m0/s1. The van der Waals surface area contributed by atoms with E-state index in [-0.39, 0.29) is 11.8 Å². The number of nitrogens with zero attached hydrogens (tertiary/aromatic N) is 2. The van der Waals surface area contributed by atoms with Crippen LogP contribution in [0, 0.1) is 0 Å². The molecule has 5 heteroatoms. The maximum absolute atomic E-state index is 12.6. The van der Waals surface area contributed by atoms with E-state index in [0.29, 0.717) is 36.9 Å². The molecule has 0 aromatic heterocycles. The van der Waals surface area contributed by atoms with Crippen molar-refractivity contribution in [3.63, 3.8) is 0 Å². The van der Waals surface area contributed by atoms with E-state index in [4.69, 9.17) is 0 Å². The molecule has 3 rings (SSSR count). The molecular formula is C22H27N3O2. The van der Waals surface area contributed by atoms with Crippen LogP contribution < -0.4 is 10.2 Å². The summed E-state index contributed by atoms with van der Waals surface area (Å²) in [5, 5.41) is 2.94. The second-order valence-electron chi connectivity index (χ2n) is 6.92. The van der Waals surface area contributed by atoms with Gasteiger partial charge in [-0.05, 0) is 57.0 Å². The highest BCUT2D eigenvalue weighted by atomic mass is 16.2. The molecule has 5 nitrogen and oxygen atoms in total. The van der Waals surface area contributed by atoms with Crippen molar-refractivity contribution in [2.45, 2.75) is 33.2 Å². The molecule has 27 heavy (non-hydrogen) atoms. The van der Waals surface area contributed by atoms with Crippen molar-refractivity contribution < 1.29 is 9.59 Å². The molecule has 0 aliphatic carbocycles. The van der Waals surface area contributed by atoms with Gasteiger partial charge in [0.1, 0.15) is 0 Å². The SMILES string of the molecule is CCN(CC)C(=O)c1cccc(NC(=O)CN2c3ccccc3C[C@@H]2C)c1. The van der Waals surface area contributed by atoms with Crippen molar-refractivity contribution in [1.82, 2.24) is 4.90 Å². The minimum atomic E-state index is -0.0778. The third-order valence-corrected chi connectivity index (χ3v) is 5.11. The molecule has 2 amide bonds. The van der Waals surface area contributed by atoms with Crippen molar-refractivity contribution in [2.24, 2.45) is 0 Å². The van der Waals surface area contributed by atoms with Crippen LogP contribution in [-0.2, 0) is 11.2 Å². The average Bonchev–Trinajstić information content (AvgIpc) is 2.98. The lowest BCUT2D eigenvalue weighted by atomic mass is 10.1. The van der Waals surface area contributed by atoms with Gasteiger partial charge in [-0.3, -0.25) is 9.59 Å². The molecule has 0 bridgehead atoms. The molecule has 0 saturated heterocycles. The number of para-hydroxylation sites is 1. The minimum Gasteiger partial charge on any atom is -0.359 e. The Bertz CT molecular complexity index is 830. The number of rotatable bonds is 6. The summed E-state index contributed by atoms with van der Waals surface area (Å²) in [4.78, 5) is 29.0. The summed E-state index contributed by atoms with van der Waals surface area (Å²) in [6.07, 6.45) is 0.956. The first-order valence-electron chi connectivity index (χ1n) is 9.57. The highest BCUT2D eigenvalue weighted by Gasteiger charge is 2.27. The third kappa shape index (κ3) is 4.13. The van der Waals surface area contributed by atoms with Gasteiger partial charge in [-0.25, -0.2) is 0 Å². The molecule has 2 aromatic rings. The number of nitrogens with one attached hydrogen (secondary N) is 1. The Hall–Kier alpha value is -2.82. The fourth-order valence-electron chi connectivity index (χ4n) is 3.65. The number of fused-ring (bicyclic) bond motifs is 1. The van der Waals surface area contributed by atoms with E-state index in [9.17, 15) is 9.59 Å². The maximum Gasteiger partial charge on any atom is 0.253 e. The number of amides is 2. The van der Waals surface area contributed by atoms with Crippen molar-refractivity contribution in [2.75, 3.05) is 29.9 Å². The molecule has 1 N–H and O–H groups in total. The normalized spacial score (nSPS) is 15.4. The van der Waals surface area contributed by atoms with Crippen molar-refractivity contribution >= 4 is 23.2 Å². The fourth-order valence-corrected chi connectivity index (χ4v) is 3.65. The predicted octanol–water partition coefficient (Wildman–Crippen LogP) is 3.56. The summed E-state index contributed by atoms with van der Waals surface area (Å²) < 4.78 is 0. The quantitative estimate of drug-likeness (QED) is 0.852. The van der Waals surface area contributed by atoms with E-state index in [2.05, 4.69) is 29.3 Å². The van der Waals surface area contributed by atoms with Crippen LogP contribution in [0.2, 0.25) is 0 Å². The van der Waals surface area contributed by atoms with E-state index in [1.807, 2.05) is 32.0 Å². The number of hydrogen-bond acceptors (Lipinski definition) is 3. The van der Waals surface area contributed by atoms with Crippen LogP contribution in [0.4, 0.5) is 11.4 Å². The summed E-state index contributed by atoms with van der Waals surface area (Å²) in [5.74, 6) is -0.0933. The Morgan fingerprint density at radius 1 is 1.11 bits per heavy atom. The highest BCUT2D eigenvalue weighted by molar-refractivity contribution is 5.98. The lowest BCUT2D eigenvalue weighted by molar-refractivity contribution is -0.115. The largest absolute Gasteiger partial charge is 0.359 e. The molecule has 1 heterocycles. The molecule has 1 atom stereocenters. The molecule has 1 aliphatic heterocycles. The van der Waals surface area contributed by atoms with E-state index in [1.165, 1.54) is 5.56 Å². The van der Waals surface area contributed by atoms with Crippen LogP contribution in [0.1, 0.15) is 36.7 Å². The molecule has 0 unspecified atom stereocenters. The Balaban J connectivity index is 1.68. The van der Waals surface area contributed by atoms with E-state index in [1.54, 1.807) is 23.1 Å². The van der Waals surface area contributed by atoms with Gasteiger partial charge < -0.3 is 15.1 Å². The van der Waals surface area contributed by atoms with Gasteiger partial charge in [-0.1, -0.05) is 24.3 Å². The summed E-state index contributed by atoms with van der Waals surface area (Å²) in [5.41, 5.74) is 3.66. The van der Waals surface area contributed by atoms with Gasteiger partial charge in [0, 0.05) is 36.1 Å². The molecule has 2 aromatic carbocycles. The third-order valence-electron chi connectivity index (χ3n) is 5.11. The topological polar surface area (TPSA) is 52.7 Å². The summed E-state index contributed by atoms with van der Waals surface area (Å²) in [7, 11) is 0. The lowest BCUT2D eigenvalue weighted by Crippen LogP contribution is -2.37. The second-order valence-corrected chi connectivity index (χ2v) is 6.92. The molecule has 142 valence electrons. The number of benzene rings is 2. The molecular weight excluding hydrogens is 338 g/mol. The van der Waals surface area contributed by atoms with E-state index >= 15 is 0 Å². The highest BCUT2D eigenvalue weighted by Crippen LogP contribution is 2.31. The Morgan fingerprint density at radius 2 is 1.85 bits per heavy atom. The summed E-state index contributed by atoms with van der Waals surface area (Å²) >= 11 is 0. The van der Waals surface area contributed by atoms with Crippen LogP contribution in [-0.4, -0.2) is 42.4 Å². The number of anilines is 2. The minimum absolute atomic E-state index is 0.0156. The van der Waals surface area contributed by atoms with Crippen LogP contribution in [0.25, 0.3) is 0 Å². The van der Waals surface area contributed by atoms with E-state index < -0.39 is 0 Å². The van der Waals surface area contributed by atoms with Gasteiger partial charge in [-0.2, -0.15) is 0 Å². The van der Waals surface area contributed by atoms with Gasteiger partial charge in [0.2, 0.25) is 5.91 Å². The molecule has 0 fully saturated rings. The van der Waals surface area contributed by atoms with Crippen molar-refractivity contribution in [3.05, 3.63) is 59.7 Å². The van der Waals surface area contributed by atoms with Gasteiger partial charge in [0.05, 0.1) is 6.54 Å². The zero-order valence-electron chi connectivity index (χ0n) is 16.2. The maximum atomic E-state index is 12.6. The van der Waals surface area contributed by atoms with Crippen LogP contribution in [0.3, 0.4) is 0 Å². The number of carbonyl (C=O) groups excluding carboxylic acids is 2. The van der Waals surface area contributed by atoms with Gasteiger partial charge in [-0.15, -0.1) is 0 Å². The van der Waals surface area contributed by atoms with Crippen molar-refractivity contribution in [3.8, 4) is 0 Å². The number of hydrogen-bond donors (Lipinski definition) is 1. The molecule has 1 aliphatic rings. The first-order chi connectivity index (χ1) is 13.0. The molecule has 0 saturated carbocycles. The van der Waals surface area contributed by atoms with Crippen molar-refractivity contribution in [1.29, 1.82) is 0 Å². The van der Waals surface area contributed by atoms with Crippen LogP contribution >= 0.6 is 0 Å². The summed E-state index contributed by atoms with van der Waals surface area (Å²) in [6, 6.07) is 15.7. The van der Waals surface area contributed by atoms with Crippen LogP contribution in [0.5, 0.6) is 0 Å². The fraction of sp³-hybridized carbons (Fsp3) is 0.364. The second kappa shape index (κ2) is 8.25. The average molecular weight is 365 g/mol. The zero-order chi connectivity index (χ0) is 19.4. The smallest absolute Gasteiger partial charge is 0.253 e. The molecule has 0 spiro atoms. The Kier molecular flexibility index (Phi) is 5.79. The Morgan fingerprint density at radius 3 is 2.59 bits per heavy atom. The monoisotopic (exact) mass is 365 g/mol. The van der Waals surface area contributed by atoms with E-state index in [0.717, 1.165) is 12.1 Å². The molecule has 0 radical (unpaired) electrons. The first-order valence-corrected chi connectivity index (χ1v) is 9.57.